The maximum atomic E-state index is 12.4. The minimum absolute atomic E-state index is 0.0883. The Morgan fingerprint density at radius 2 is 1.71 bits per heavy atom. The summed E-state index contributed by atoms with van der Waals surface area (Å²) < 4.78 is 0. The van der Waals surface area contributed by atoms with E-state index in [1.165, 1.54) is 12.8 Å². The first-order valence-corrected chi connectivity index (χ1v) is 8.47. The van der Waals surface area contributed by atoms with Gasteiger partial charge in [0.05, 0.1) is 6.54 Å². The number of carbonyl (C=O) groups excluding carboxylic acids is 1. The van der Waals surface area contributed by atoms with Gasteiger partial charge < -0.3 is 10.2 Å². The van der Waals surface area contributed by atoms with Gasteiger partial charge in [0.25, 0.3) is 5.91 Å². The number of carbonyl (C=O) groups is 1. The fraction of sp³-hybridized carbons (Fsp3) is 0.421. The van der Waals surface area contributed by atoms with Gasteiger partial charge in [-0.3, -0.25) is 4.79 Å². The first kappa shape index (κ1) is 16.4. The molecular weight excluding hydrogens is 300 g/mol. The zero-order valence-corrected chi connectivity index (χ0v) is 14.6. The standard InChI is InChI=1S/C19H24N4O/c1-13-8-14(2)10-16(9-13)19(24)20-12-17-21-15(3)11-18(22-17)23-6-4-5-7-23/h8-11H,4-7,12H2,1-3H3,(H,20,24). The number of nitrogens with one attached hydrogen (secondary N) is 1. The van der Waals surface area contributed by atoms with Crippen LogP contribution in [-0.4, -0.2) is 29.0 Å². The Morgan fingerprint density at radius 3 is 2.38 bits per heavy atom. The summed E-state index contributed by atoms with van der Waals surface area (Å²) in [5, 5.41) is 2.93. The van der Waals surface area contributed by atoms with Crippen molar-refractivity contribution in [1.82, 2.24) is 15.3 Å². The summed E-state index contributed by atoms with van der Waals surface area (Å²) in [6.45, 7) is 8.39. The summed E-state index contributed by atoms with van der Waals surface area (Å²) in [5.41, 5.74) is 3.79. The van der Waals surface area contributed by atoms with E-state index < -0.39 is 0 Å². The van der Waals surface area contributed by atoms with Crippen molar-refractivity contribution in [2.45, 2.75) is 40.2 Å². The molecule has 126 valence electrons. The highest BCUT2D eigenvalue weighted by molar-refractivity contribution is 5.94. The molecule has 2 aromatic rings. The number of benzene rings is 1. The lowest BCUT2D eigenvalue weighted by Crippen LogP contribution is -2.25. The van der Waals surface area contributed by atoms with Crippen molar-refractivity contribution in [1.29, 1.82) is 0 Å². The smallest absolute Gasteiger partial charge is 0.251 e. The van der Waals surface area contributed by atoms with E-state index in [0.717, 1.165) is 35.7 Å². The Balaban J connectivity index is 1.70. The van der Waals surface area contributed by atoms with Gasteiger partial charge in [-0.05, 0) is 45.7 Å². The lowest BCUT2D eigenvalue weighted by atomic mass is 10.1. The van der Waals surface area contributed by atoms with Crippen molar-refractivity contribution >= 4 is 11.7 Å². The van der Waals surface area contributed by atoms with Gasteiger partial charge in [-0.15, -0.1) is 0 Å². The van der Waals surface area contributed by atoms with Crippen LogP contribution in [0.15, 0.2) is 24.3 Å². The van der Waals surface area contributed by atoms with Crippen LogP contribution in [-0.2, 0) is 6.54 Å². The number of nitrogens with zero attached hydrogens (tertiary/aromatic N) is 3. The molecule has 3 rings (SSSR count). The molecule has 5 nitrogen and oxygen atoms in total. The molecule has 0 saturated carbocycles. The third-order valence-corrected chi connectivity index (χ3v) is 4.21. The fourth-order valence-electron chi connectivity index (χ4n) is 3.17. The third kappa shape index (κ3) is 3.91. The van der Waals surface area contributed by atoms with Gasteiger partial charge in [0.2, 0.25) is 0 Å². The second-order valence-corrected chi connectivity index (χ2v) is 6.54. The van der Waals surface area contributed by atoms with Crippen LogP contribution in [0.4, 0.5) is 5.82 Å². The monoisotopic (exact) mass is 324 g/mol. The molecule has 2 heterocycles. The minimum atomic E-state index is -0.0883. The van der Waals surface area contributed by atoms with E-state index in [2.05, 4.69) is 26.3 Å². The van der Waals surface area contributed by atoms with Gasteiger partial charge in [-0.25, -0.2) is 9.97 Å². The fourth-order valence-corrected chi connectivity index (χ4v) is 3.17. The highest BCUT2D eigenvalue weighted by atomic mass is 16.1. The summed E-state index contributed by atoms with van der Waals surface area (Å²) in [6, 6.07) is 7.87. The van der Waals surface area contributed by atoms with Gasteiger partial charge in [0, 0.05) is 30.4 Å². The number of hydrogen-bond acceptors (Lipinski definition) is 4. The van der Waals surface area contributed by atoms with Crippen LogP contribution in [0.3, 0.4) is 0 Å². The zero-order valence-electron chi connectivity index (χ0n) is 14.6. The van der Waals surface area contributed by atoms with E-state index >= 15 is 0 Å². The molecule has 1 N–H and O–H groups in total. The van der Waals surface area contributed by atoms with Gasteiger partial charge in [0.1, 0.15) is 11.6 Å². The van der Waals surface area contributed by atoms with Crippen molar-refractivity contribution in [2.24, 2.45) is 0 Å². The van der Waals surface area contributed by atoms with Gasteiger partial charge in [-0.1, -0.05) is 17.2 Å². The molecule has 0 radical (unpaired) electrons. The summed E-state index contributed by atoms with van der Waals surface area (Å²) in [7, 11) is 0. The minimum Gasteiger partial charge on any atom is -0.357 e. The Kier molecular flexibility index (Phi) is 4.79. The van der Waals surface area contributed by atoms with E-state index in [1.54, 1.807) is 0 Å². The molecule has 1 aliphatic rings. The molecule has 0 atom stereocenters. The Labute approximate surface area is 143 Å². The average Bonchev–Trinajstić information content (AvgIpc) is 3.05. The largest absolute Gasteiger partial charge is 0.357 e. The molecule has 0 unspecified atom stereocenters. The molecule has 1 fully saturated rings. The predicted molar refractivity (Wildman–Crippen MR) is 95.3 cm³/mol. The molecule has 0 aliphatic carbocycles. The van der Waals surface area contributed by atoms with E-state index in [4.69, 9.17) is 0 Å². The van der Waals surface area contributed by atoms with E-state index in [1.807, 2.05) is 39.0 Å². The highest BCUT2D eigenvalue weighted by Gasteiger charge is 2.15. The molecule has 0 bridgehead atoms. The third-order valence-electron chi connectivity index (χ3n) is 4.21. The maximum Gasteiger partial charge on any atom is 0.251 e. The molecule has 1 amide bonds. The molecule has 0 spiro atoms. The number of aromatic nitrogens is 2. The molecule has 1 aromatic carbocycles. The summed E-state index contributed by atoms with van der Waals surface area (Å²) in [4.78, 5) is 23.7. The molecular formula is C19H24N4O. The number of anilines is 1. The molecule has 1 saturated heterocycles. The van der Waals surface area contributed by atoms with Crippen LogP contribution in [0.25, 0.3) is 0 Å². The summed E-state index contributed by atoms with van der Waals surface area (Å²) >= 11 is 0. The van der Waals surface area contributed by atoms with Crippen LogP contribution in [0, 0.1) is 20.8 Å². The van der Waals surface area contributed by atoms with Crippen LogP contribution in [0.2, 0.25) is 0 Å². The van der Waals surface area contributed by atoms with Crippen LogP contribution in [0.1, 0.15) is 45.8 Å². The lowest BCUT2D eigenvalue weighted by molar-refractivity contribution is 0.0949. The second-order valence-electron chi connectivity index (χ2n) is 6.54. The average molecular weight is 324 g/mol. The van der Waals surface area contributed by atoms with Crippen LogP contribution in [0.5, 0.6) is 0 Å². The molecule has 1 aromatic heterocycles. The summed E-state index contributed by atoms with van der Waals surface area (Å²) in [6.07, 6.45) is 2.42. The number of hydrogen-bond donors (Lipinski definition) is 1. The van der Waals surface area contributed by atoms with E-state index in [0.29, 0.717) is 17.9 Å². The van der Waals surface area contributed by atoms with Crippen LogP contribution < -0.4 is 10.2 Å². The number of aryl methyl sites for hydroxylation is 3. The predicted octanol–water partition coefficient (Wildman–Crippen LogP) is 2.93. The molecule has 1 aliphatic heterocycles. The van der Waals surface area contributed by atoms with Crippen molar-refractivity contribution in [2.75, 3.05) is 18.0 Å². The number of amides is 1. The van der Waals surface area contributed by atoms with E-state index in [-0.39, 0.29) is 5.91 Å². The van der Waals surface area contributed by atoms with Gasteiger partial charge in [0.15, 0.2) is 0 Å². The maximum absolute atomic E-state index is 12.4. The molecule has 24 heavy (non-hydrogen) atoms. The van der Waals surface area contributed by atoms with Crippen molar-refractivity contribution in [3.05, 3.63) is 52.5 Å². The van der Waals surface area contributed by atoms with Gasteiger partial charge >= 0.3 is 0 Å². The van der Waals surface area contributed by atoms with Crippen molar-refractivity contribution < 1.29 is 4.79 Å². The quantitative estimate of drug-likeness (QED) is 0.939. The van der Waals surface area contributed by atoms with Crippen molar-refractivity contribution in [3.8, 4) is 0 Å². The first-order chi connectivity index (χ1) is 11.5. The topological polar surface area (TPSA) is 58.1 Å². The van der Waals surface area contributed by atoms with Gasteiger partial charge in [-0.2, -0.15) is 0 Å². The normalized spacial score (nSPS) is 14.0. The van der Waals surface area contributed by atoms with Crippen LogP contribution >= 0.6 is 0 Å². The second kappa shape index (κ2) is 6.99. The summed E-state index contributed by atoms with van der Waals surface area (Å²) in [5.74, 6) is 1.54. The first-order valence-electron chi connectivity index (χ1n) is 8.47. The van der Waals surface area contributed by atoms with Crippen molar-refractivity contribution in [3.63, 3.8) is 0 Å². The number of rotatable bonds is 4. The lowest BCUT2D eigenvalue weighted by Gasteiger charge is -2.17. The highest BCUT2D eigenvalue weighted by Crippen LogP contribution is 2.18. The Hall–Kier alpha value is -2.43. The van der Waals surface area contributed by atoms with E-state index in [9.17, 15) is 4.79 Å². The SMILES string of the molecule is Cc1cc(C)cc(C(=O)NCc2nc(C)cc(N3CCCC3)n2)c1. The molecule has 5 heteroatoms. The zero-order chi connectivity index (χ0) is 17.1. The Bertz CT molecular complexity index is 731. The Morgan fingerprint density at radius 1 is 1.04 bits per heavy atom.